The van der Waals surface area contributed by atoms with E-state index in [9.17, 15) is 9.59 Å². The van der Waals surface area contributed by atoms with E-state index in [1.165, 1.54) is 6.92 Å². The van der Waals surface area contributed by atoms with Gasteiger partial charge in [-0.25, -0.2) is 4.98 Å². The average Bonchev–Trinajstić information content (AvgIpc) is 2.97. The van der Waals surface area contributed by atoms with Crippen LogP contribution in [0.4, 0.5) is 5.69 Å². The van der Waals surface area contributed by atoms with Gasteiger partial charge < -0.3 is 15.2 Å². The minimum atomic E-state index is -0.226. The number of carbonyl (C=O) groups excluding carboxylic acids is 2. The molecule has 0 bridgehead atoms. The van der Waals surface area contributed by atoms with Crippen LogP contribution >= 0.6 is 11.6 Å². The number of hydrogen-bond acceptors (Lipinski definition) is 3. The number of nitrogens with zero attached hydrogens (tertiary/aromatic N) is 2. The molecule has 0 radical (unpaired) electrons. The number of rotatable bonds is 3. The lowest BCUT2D eigenvalue weighted by Crippen LogP contribution is -2.35. The fourth-order valence-electron chi connectivity index (χ4n) is 3.25. The maximum Gasteiger partial charge on any atom is 0.249 e. The molecule has 3 heterocycles. The number of carbonyl (C=O) groups is 2. The first-order valence-corrected chi connectivity index (χ1v) is 8.88. The molecule has 3 aromatic rings. The number of nitrogens with one attached hydrogen (secondary N) is 2. The van der Waals surface area contributed by atoms with Crippen LogP contribution in [0.2, 0.25) is 5.02 Å². The summed E-state index contributed by atoms with van der Waals surface area (Å²) < 4.78 is 0. The third-order valence-corrected chi connectivity index (χ3v) is 4.78. The fraction of sp³-hybridized carbons (Fsp3) is 0.150. The normalized spacial score (nSPS) is 13.3. The summed E-state index contributed by atoms with van der Waals surface area (Å²) in [5.74, 6) is -0.360. The van der Waals surface area contributed by atoms with Gasteiger partial charge >= 0.3 is 0 Å². The predicted molar refractivity (Wildman–Crippen MR) is 105 cm³/mol. The highest BCUT2D eigenvalue weighted by Crippen LogP contribution is 2.33. The highest BCUT2D eigenvalue weighted by molar-refractivity contribution is 6.30. The van der Waals surface area contributed by atoms with E-state index in [2.05, 4.69) is 15.3 Å². The van der Waals surface area contributed by atoms with Crippen LogP contribution in [0.15, 0.2) is 48.3 Å². The van der Waals surface area contributed by atoms with Gasteiger partial charge in [0.1, 0.15) is 5.65 Å². The molecule has 0 aliphatic carbocycles. The molecule has 0 unspecified atom stereocenters. The van der Waals surface area contributed by atoms with Crippen LogP contribution in [0.3, 0.4) is 0 Å². The van der Waals surface area contributed by atoms with Gasteiger partial charge in [0.2, 0.25) is 11.8 Å². The van der Waals surface area contributed by atoms with E-state index < -0.39 is 0 Å². The number of amides is 2. The summed E-state index contributed by atoms with van der Waals surface area (Å²) in [5.41, 5.74) is 3.68. The lowest BCUT2D eigenvalue weighted by atomic mass is 10.1. The number of aromatic nitrogens is 2. The summed E-state index contributed by atoms with van der Waals surface area (Å²) in [6.45, 7) is 2.05. The Bertz CT molecular complexity index is 1090. The highest BCUT2D eigenvalue weighted by atomic mass is 35.5. The zero-order chi connectivity index (χ0) is 19.0. The second-order valence-corrected chi connectivity index (χ2v) is 6.82. The summed E-state index contributed by atoms with van der Waals surface area (Å²) in [6.07, 6.45) is 5.26. The number of halogens is 1. The van der Waals surface area contributed by atoms with E-state index in [4.69, 9.17) is 11.6 Å². The third-order valence-electron chi connectivity index (χ3n) is 4.54. The Kier molecular flexibility index (Phi) is 4.41. The van der Waals surface area contributed by atoms with Crippen molar-refractivity contribution < 1.29 is 9.59 Å². The number of hydrogen-bond donors (Lipinski definition) is 2. The molecule has 1 aromatic carbocycles. The summed E-state index contributed by atoms with van der Waals surface area (Å²) in [7, 11) is 0. The van der Waals surface area contributed by atoms with Crippen molar-refractivity contribution in [1.29, 1.82) is 0 Å². The van der Waals surface area contributed by atoms with E-state index in [0.29, 0.717) is 22.8 Å². The maximum atomic E-state index is 12.8. The Morgan fingerprint density at radius 3 is 2.96 bits per heavy atom. The van der Waals surface area contributed by atoms with E-state index in [1.54, 1.807) is 35.5 Å². The molecule has 27 heavy (non-hydrogen) atoms. The highest BCUT2D eigenvalue weighted by Gasteiger charge is 2.25. The van der Waals surface area contributed by atoms with Gasteiger partial charge in [-0.05, 0) is 29.8 Å². The molecule has 0 saturated carbocycles. The Balaban J connectivity index is 1.65. The molecule has 0 saturated heterocycles. The summed E-state index contributed by atoms with van der Waals surface area (Å²) >= 11 is 5.99. The fourth-order valence-corrected chi connectivity index (χ4v) is 3.47. The first-order valence-electron chi connectivity index (χ1n) is 8.50. The molecule has 2 N–H and O–H groups in total. The third kappa shape index (κ3) is 3.31. The Hall–Kier alpha value is -3.12. The Morgan fingerprint density at radius 1 is 1.33 bits per heavy atom. The van der Waals surface area contributed by atoms with Crippen molar-refractivity contribution in [2.75, 3.05) is 11.4 Å². The molecule has 2 amide bonds. The van der Waals surface area contributed by atoms with Crippen molar-refractivity contribution in [2.45, 2.75) is 13.5 Å². The molecule has 0 atom stereocenters. The second-order valence-electron chi connectivity index (χ2n) is 6.39. The van der Waals surface area contributed by atoms with Gasteiger partial charge in [0.15, 0.2) is 0 Å². The molecule has 1 aliphatic heterocycles. The Labute approximate surface area is 160 Å². The van der Waals surface area contributed by atoms with E-state index in [-0.39, 0.29) is 18.4 Å². The monoisotopic (exact) mass is 380 g/mol. The van der Waals surface area contributed by atoms with Crippen LogP contribution in [0, 0.1) is 0 Å². The SMILES string of the molecule is CC(=O)N1CC(C(=O)NCc2cccc(Cl)c2)=Cc2c[nH]c3nccc1c23. The van der Waals surface area contributed by atoms with Gasteiger partial charge in [-0.3, -0.25) is 9.59 Å². The minimum Gasteiger partial charge on any atom is -0.348 e. The molecule has 1 aliphatic rings. The molecule has 2 aromatic heterocycles. The van der Waals surface area contributed by atoms with Gasteiger partial charge in [0, 0.05) is 47.4 Å². The first kappa shape index (κ1) is 17.3. The van der Waals surface area contributed by atoms with Gasteiger partial charge in [-0.15, -0.1) is 0 Å². The van der Waals surface area contributed by atoms with Crippen LogP contribution < -0.4 is 10.2 Å². The van der Waals surface area contributed by atoms with Crippen molar-refractivity contribution >= 4 is 46.2 Å². The quantitative estimate of drug-likeness (QED) is 0.732. The van der Waals surface area contributed by atoms with E-state index in [1.807, 2.05) is 18.2 Å². The van der Waals surface area contributed by atoms with Gasteiger partial charge in [0.05, 0.1) is 12.2 Å². The van der Waals surface area contributed by atoms with Crippen LogP contribution in [-0.4, -0.2) is 28.3 Å². The molecule has 7 heteroatoms. The number of benzene rings is 1. The molecular weight excluding hydrogens is 364 g/mol. The van der Waals surface area contributed by atoms with Crippen molar-refractivity contribution in [3.8, 4) is 0 Å². The van der Waals surface area contributed by atoms with Gasteiger partial charge in [-0.2, -0.15) is 0 Å². The number of H-pyrrole nitrogens is 1. The van der Waals surface area contributed by atoms with Crippen LogP contribution in [0.5, 0.6) is 0 Å². The van der Waals surface area contributed by atoms with E-state index in [0.717, 1.165) is 22.2 Å². The van der Waals surface area contributed by atoms with Gasteiger partial charge in [0.25, 0.3) is 0 Å². The van der Waals surface area contributed by atoms with Crippen LogP contribution in [0.1, 0.15) is 18.1 Å². The number of aromatic amines is 1. The van der Waals surface area contributed by atoms with Crippen LogP contribution in [-0.2, 0) is 16.1 Å². The average molecular weight is 381 g/mol. The lowest BCUT2D eigenvalue weighted by molar-refractivity contribution is -0.117. The molecule has 0 fully saturated rings. The second kappa shape index (κ2) is 6.89. The van der Waals surface area contributed by atoms with Crippen molar-refractivity contribution in [3.63, 3.8) is 0 Å². The minimum absolute atomic E-state index is 0.134. The van der Waals surface area contributed by atoms with Crippen LogP contribution in [0.25, 0.3) is 17.1 Å². The van der Waals surface area contributed by atoms with E-state index >= 15 is 0 Å². The predicted octanol–water partition coefficient (Wildman–Crippen LogP) is 3.28. The van der Waals surface area contributed by atoms with Gasteiger partial charge in [-0.1, -0.05) is 23.7 Å². The zero-order valence-corrected chi connectivity index (χ0v) is 15.4. The van der Waals surface area contributed by atoms with Crippen molar-refractivity contribution in [1.82, 2.24) is 15.3 Å². The smallest absolute Gasteiger partial charge is 0.249 e. The van der Waals surface area contributed by atoms with Crippen molar-refractivity contribution in [2.24, 2.45) is 0 Å². The topological polar surface area (TPSA) is 78.1 Å². The summed E-state index contributed by atoms with van der Waals surface area (Å²) in [6, 6.07) is 9.12. The molecule has 4 rings (SSSR count). The number of pyridine rings is 1. The van der Waals surface area contributed by atoms with Crippen molar-refractivity contribution in [3.05, 3.63) is 64.4 Å². The molecule has 6 nitrogen and oxygen atoms in total. The summed E-state index contributed by atoms with van der Waals surface area (Å²) in [4.78, 5) is 34.0. The molecular formula is C20H17ClN4O2. The Morgan fingerprint density at radius 2 is 2.19 bits per heavy atom. The largest absolute Gasteiger partial charge is 0.348 e. The molecule has 136 valence electrons. The molecule has 0 spiro atoms. The number of anilines is 1. The maximum absolute atomic E-state index is 12.8. The zero-order valence-electron chi connectivity index (χ0n) is 14.6. The first-order chi connectivity index (χ1) is 13.0. The summed E-state index contributed by atoms with van der Waals surface area (Å²) in [5, 5.41) is 4.36. The standard InChI is InChI=1S/C20H17ClN4O2/c1-12(26)25-11-15(20(27)24-9-13-3-2-4-16(21)7-13)8-14-10-23-19-18(14)17(25)5-6-22-19/h2-8,10H,9,11H2,1H3,(H,22,23)(H,24,27). The lowest BCUT2D eigenvalue weighted by Gasteiger charge is -2.21.